The van der Waals surface area contributed by atoms with Crippen molar-refractivity contribution in [2.45, 2.75) is 44.6 Å². The molecule has 2 aliphatic heterocycles. The van der Waals surface area contributed by atoms with Crippen molar-refractivity contribution in [1.82, 2.24) is 9.80 Å². The molecule has 2 aliphatic rings. The Kier molecular flexibility index (Phi) is 3.82. The van der Waals surface area contributed by atoms with Crippen molar-refractivity contribution in [2.24, 2.45) is 0 Å². The summed E-state index contributed by atoms with van der Waals surface area (Å²) >= 11 is 0. The van der Waals surface area contributed by atoms with Gasteiger partial charge in [-0.2, -0.15) is 0 Å². The molecule has 0 spiro atoms. The number of likely N-dealkylation sites (N-methyl/N-ethyl adjacent to an activating group) is 1. The standard InChI is InChI=1S/C12H24N2/c1-13-8-4-2-3-7-12(13)11-14-9-5-6-10-14/h12H,2-11H2,1H3/t12-/m1/s1. The summed E-state index contributed by atoms with van der Waals surface area (Å²) in [5.74, 6) is 0. The first-order valence-electron chi connectivity index (χ1n) is 6.29. The Morgan fingerprint density at radius 3 is 2.43 bits per heavy atom. The molecule has 0 N–H and O–H groups in total. The van der Waals surface area contributed by atoms with E-state index in [4.69, 9.17) is 0 Å². The monoisotopic (exact) mass is 196 g/mol. The van der Waals surface area contributed by atoms with E-state index in [0.717, 1.165) is 6.04 Å². The molecular formula is C12H24N2. The summed E-state index contributed by atoms with van der Waals surface area (Å²) in [4.78, 5) is 5.25. The second-order valence-corrected chi connectivity index (χ2v) is 4.99. The number of hydrogen-bond acceptors (Lipinski definition) is 2. The van der Waals surface area contributed by atoms with E-state index in [-0.39, 0.29) is 0 Å². The summed E-state index contributed by atoms with van der Waals surface area (Å²) in [7, 11) is 2.31. The highest BCUT2D eigenvalue weighted by atomic mass is 15.2. The molecule has 2 rings (SSSR count). The predicted octanol–water partition coefficient (Wildman–Crippen LogP) is 1.96. The van der Waals surface area contributed by atoms with Gasteiger partial charge in [0, 0.05) is 12.6 Å². The maximum Gasteiger partial charge on any atom is 0.0220 e. The van der Waals surface area contributed by atoms with Crippen LogP contribution in [0.2, 0.25) is 0 Å². The van der Waals surface area contributed by atoms with E-state index in [2.05, 4.69) is 16.8 Å². The highest BCUT2D eigenvalue weighted by molar-refractivity contribution is 4.78. The molecule has 0 aliphatic carbocycles. The Labute approximate surface area is 88.3 Å². The van der Waals surface area contributed by atoms with Crippen molar-refractivity contribution < 1.29 is 0 Å². The zero-order chi connectivity index (χ0) is 9.80. The van der Waals surface area contributed by atoms with E-state index in [0.29, 0.717) is 0 Å². The van der Waals surface area contributed by atoms with Crippen LogP contribution in [0.4, 0.5) is 0 Å². The normalized spacial score (nSPS) is 31.9. The van der Waals surface area contributed by atoms with Crippen molar-refractivity contribution in [3.05, 3.63) is 0 Å². The Balaban J connectivity index is 1.81. The van der Waals surface area contributed by atoms with Crippen LogP contribution in [0.1, 0.15) is 38.5 Å². The predicted molar refractivity (Wildman–Crippen MR) is 60.6 cm³/mol. The fourth-order valence-corrected chi connectivity index (χ4v) is 2.81. The lowest BCUT2D eigenvalue weighted by Gasteiger charge is -2.29. The first-order chi connectivity index (χ1) is 6.86. The van der Waals surface area contributed by atoms with Gasteiger partial charge in [0.1, 0.15) is 0 Å². The van der Waals surface area contributed by atoms with Crippen molar-refractivity contribution in [3.8, 4) is 0 Å². The molecule has 0 aromatic rings. The van der Waals surface area contributed by atoms with Crippen LogP contribution in [0.25, 0.3) is 0 Å². The highest BCUT2D eigenvalue weighted by Gasteiger charge is 2.21. The van der Waals surface area contributed by atoms with Crippen LogP contribution in [-0.4, -0.2) is 49.1 Å². The van der Waals surface area contributed by atoms with E-state index < -0.39 is 0 Å². The summed E-state index contributed by atoms with van der Waals surface area (Å²) in [6, 6.07) is 0.843. The van der Waals surface area contributed by atoms with Crippen LogP contribution in [0.3, 0.4) is 0 Å². The van der Waals surface area contributed by atoms with Crippen LogP contribution in [0, 0.1) is 0 Å². The van der Waals surface area contributed by atoms with E-state index in [9.17, 15) is 0 Å². The van der Waals surface area contributed by atoms with Crippen LogP contribution < -0.4 is 0 Å². The Bertz CT molecular complexity index is 164. The first kappa shape index (κ1) is 10.4. The topological polar surface area (TPSA) is 6.48 Å². The number of rotatable bonds is 2. The van der Waals surface area contributed by atoms with Gasteiger partial charge in [0.05, 0.1) is 0 Å². The van der Waals surface area contributed by atoms with Gasteiger partial charge in [-0.1, -0.05) is 12.8 Å². The van der Waals surface area contributed by atoms with Gasteiger partial charge in [0.15, 0.2) is 0 Å². The lowest BCUT2D eigenvalue weighted by Crippen LogP contribution is -2.40. The van der Waals surface area contributed by atoms with Gasteiger partial charge in [-0.15, -0.1) is 0 Å². The molecule has 0 bridgehead atoms. The maximum atomic E-state index is 2.66. The van der Waals surface area contributed by atoms with Gasteiger partial charge in [-0.05, 0) is 52.4 Å². The fourth-order valence-electron chi connectivity index (χ4n) is 2.81. The van der Waals surface area contributed by atoms with Gasteiger partial charge in [0.25, 0.3) is 0 Å². The van der Waals surface area contributed by atoms with Crippen molar-refractivity contribution in [3.63, 3.8) is 0 Å². The van der Waals surface area contributed by atoms with Gasteiger partial charge in [-0.25, -0.2) is 0 Å². The Morgan fingerprint density at radius 2 is 1.64 bits per heavy atom. The summed E-state index contributed by atoms with van der Waals surface area (Å²) in [5, 5.41) is 0. The largest absolute Gasteiger partial charge is 0.302 e. The molecule has 14 heavy (non-hydrogen) atoms. The number of hydrogen-bond donors (Lipinski definition) is 0. The molecule has 2 heteroatoms. The van der Waals surface area contributed by atoms with Gasteiger partial charge >= 0.3 is 0 Å². The van der Waals surface area contributed by atoms with Gasteiger partial charge in [0.2, 0.25) is 0 Å². The molecule has 2 nitrogen and oxygen atoms in total. The Morgan fingerprint density at radius 1 is 0.929 bits per heavy atom. The maximum absolute atomic E-state index is 2.66. The van der Waals surface area contributed by atoms with Crippen molar-refractivity contribution in [2.75, 3.05) is 33.2 Å². The van der Waals surface area contributed by atoms with Crippen molar-refractivity contribution in [1.29, 1.82) is 0 Å². The molecule has 0 amide bonds. The summed E-state index contributed by atoms with van der Waals surface area (Å²) in [6.45, 7) is 5.35. The molecule has 82 valence electrons. The SMILES string of the molecule is CN1CCCCC[C@@H]1CN1CCCC1. The second kappa shape index (κ2) is 5.13. The van der Waals surface area contributed by atoms with E-state index in [1.807, 2.05) is 0 Å². The number of nitrogens with zero attached hydrogens (tertiary/aromatic N) is 2. The molecule has 2 saturated heterocycles. The van der Waals surface area contributed by atoms with E-state index >= 15 is 0 Å². The summed E-state index contributed by atoms with van der Waals surface area (Å²) in [6.07, 6.45) is 8.58. The quantitative estimate of drug-likeness (QED) is 0.666. The second-order valence-electron chi connectivity index (χ2n) is 4.99. The average molecular weight is 196 g/mol. The average Bonchev–Trinajstić information content (AvgIpc) is 2.60. The number of likely N-dealkylation sites (tertiary alicyclic amines) is 2. The summed E-state index contributed by atoms with van der Waals surface area (Å²) in [5.41, 5.74) is 0. The smallest absolute Gasteiger partial charge is 0.0220 e. The third-order valence-electron chi connectivity index (χ3n) is 3.84. The molecule has 2 heterocycles. The molecule has 2 fully saturated rings. The molecule has 0 aromatic carbocycles. The van der Waals surface area contributed by atoms with Gasteiger partial charge < -0.3 is 9.80 Å². The van der Waals surface area contributed by atoms with E-state index in [1.54, 1.807) is 0 Å². The molecule has 0 aromatic heterocycles. The molecule has 0 radical (unpaired) electrons. The zero-order valence-corrected chi connectivity index (χ0v) is 9.54. The molecule has 0 unspecified atom stereocenters. The Hall–Kier alpha value is -0.0800. The minimum absolute atomic E-state index is 0.843. The molecular weight excluding hydrogens is 172 g/mol. The third kappa shape index (κ3) is 2.71. The minimum atomic E-state index is 0.843. The molecule has 1 atom stereocenters. The summed E-state index contributed by atoms with van der Waals surface area (Å²) < 4.78 is 0. The lowest BCUT2D eigenvalue weighted by atomic mass is 10.1. The van der Waals surface area contributed by atoms with E-state index in [1.165, 1.54) is 64.7 Å². The highest BCUT2D eigenvalue weighted by Crippen LogP contribution is 2.18. The van der Waals surface area contributed by atoms with Crippen LogP contribution >= 0.6 is 0 Å². The van der Waals surface area contributed by atoms with Crippen LogP contribution in [-0.2, 0) is 0 Å². The third-order valence-corrected chi connectivity index (χ3v) is 3.84. The molecule has 0 saturated carbocycles. The van der Waals surface area contributed by atoms with Crippen LogP contribution in [0.15, 0.2) is 0 Å². The van der Waals surface area contributed by atoms with Gasteiger partial charge in [-0.3, -0.25) is 0 Å². The van der Waals surface area contributed by atoms with Crippen LogP contribution in [0.5, 0.6) is 0 Å². The fraction of sp³-hybridized carbons (Fsp3) is 1.00. The lowest BCUT2D eigenvalue weighted by molar-refractivity contribution is 0.181. The minimum Gasteiger partial charge on any atom is -0.302 e. The first-order valence-corrected chi connectivity index (χ1v) is 6.29. The van der Waals surface area contributed by atoms with Crippen molar-refractivity contribution >= 4 is 0 Å². The zero-order valence-electron chi connectivity index (χ0n) is 9.54.